The summed E-state index contributed by atoms with van der Waals surface area (Å²) in [6.45, 7) is 6.31. The van der Waals surface area contributed by atoms with Crippen LogP contribution in [0.2, 0.25) is 0 Å². The number of amides is 1. The summed E-state index contributed by atoms with van der Waals surface area (Å²) in [7, 11) is 0. The molecule has 0 radical (unpaired) electrons. The summed E-state index contributed by atoms with van der Waals surface area (Å²) >= 11 is 0. The Bertz CT molecular complexity index is 917. The zero-order valence-electron chi connectivity index (χ0n) is 15.4. The molecule has 26 heavy (non-hydrogen) atoms. The van der Waals surface area contributed by atoms with E-state index in [4.69, 9.17) is 4.98 Å². The Labute approximate surface area is 153 Å². The van der Waals surface area contributed by atoms with Gasteiger partial charge >= 0.3 is 0 Å². The highest BCUT2D eigenvalue weighted by molar-refractivity contribution is 5.78. The summed E-state index contributed by atoms with van der Waals surface area (Å²) in [4.78, 5) is 22.7. The second kappa shape index (κ2) is 6.94. The molecule has 1 N–H and O–H groups in total. The van der Waals surface area contributed by atoms with Gasteiger partial charge in [0.15, 0.2) is 0 Å². The lowest BCUT2D eigenvalue weighted by molar-refractivity contribution is -0.132. The summed E-state index contributed by atoms with van der Waals surface area (Å²) in [6, 6.07) is 8.19. The fraction of sp³-hybridized carbons (Fsp3) is 0.450. The Hall–Kier alpha value is -2.63. The number of hydrogen-bond acceptors (Lipinski definition) is 3. The lowest BCUT2D eigenvalue weighted by Crippen LogP contribution is -2.38. The molecule has 0 saturated carbocycles. The maximum absolute atomic E-state index is 12.5. The van der Waals surface area contributed by atoms with Crippen molar-refractivity contribution in [3.8, 4) is 0 Å². The fourth-order valence-corrected chi connectivity index (χ4v) is 3.75. The third kappa shape index (κ3) is 3.36. The number of carbonyl (C=O) groups excluding carboxylic acids is 1. The van der Waals surface area contributed by atoms with E-state index in [1.165, 1.54) is 5.56 Å². The van der Waals surface area contributed by atoms with Gasteiger partial charge in [0.05, 0.1) is 16.7 Å². The van der Waals surface area contributed by atoms with Crippen LogP contribution in [0, 0.1) is 13.8 Å². The summed E-state index contributed by atoms with van der Waals surface area (Å²) < 4.78 is 1.84. The Morgan fingerprint density at radius 1 is 1.23 bits per heavy atom. The van der Waals surface area contributed by atoms with Crippen molar-refractivity contribution in [1.82, 2.24) is 24.6 Å². The number of aromatic nitrogens is 4. The number of carbonyl (C=O) groups is 1. The molecule has 1 aliphatic heterocycles. The van der Waals surface area contributed by atoms with Gasteiger partial charge in [0, 0.05) is 38.2 Å². The number of rotatable bonds is 4. The van der Waals surface area contributed by atoms with Gasteiger partial charge in [-0.25, -0.2) is 4.98 Å². The van der Waals surface area contributed by atoms with Crippen LogP contribution in [0.25, 0.3) is 11.0 Å². The molecule has 1 fully saturated rings. The molecule has 6 nitrogen and oxygen atoms in total. The van der Waals surface area contributed by atoms with Gasteiger partial charge < -0.3 is 9.88 Å². The van der Waals surface area contributed by atoms with E-state index in [1.807, 2.05) is 28.8 Å². The molecule has 1 aromatic carbocycles. The summed E-state index contributed by atoms with van der Waals surface area (Å²) in [5.74, 6) is 1.69. The highest BCUT2D eigenvalue weighted by Crippen LogP contribution is 2.28. The number of H-pyrrole nitrogens is 1. The molecule has 0 spiro atoms. The second-order valence-corrected chi connectivity index (χ2v) is 7.22. The molecule has 0 atom stereocenters. The van der Waals surface area contributed by atoms with Crippen LogP contribution in [-0.4, -0.2) is 43.6 Å². The molecule has 0 bridgehead atoms. The highest BCUT2D eigenvalue weighted by Gasteiger charge is 2.25. The summed E-state index contributed by atoms with van der Waals surface area (Å²) in [5, 5.41) is 4.34. The van der Waals surface area contributed by atoms with E-state index in [9.17, 15) is 4.79 Å². The molecule has 0 unspecified atom stereocenters. The van der Waals surface area contributed by atoms with Crippen molar-refractivity contribution in [1.29, 1.82) is 0 Å². The Kier molecular flexibility index (Phi) is 4.49. The van der Waals surface area contributed by atoms with Gasteiger partial charge in [0.2, 0.25) is 5.91 Å². The van der Waals surface area contributed by atoms with Gasteiger partial charge in [-0.1, -0.05) is 12.1 Å². The number of aromatic amines is 1. The van der Waals surface area contributed by atoms with E-state index < -0.39 is 0 Å². The molecule has 136 valence electrons. The van der Waals surface area contributed by atoms with E-state index in [0.29, 0.717) is 18.9 Å². The first kappa shape index (κ1) is 16.8. The first-order valence-corrected chi connectivity index (χ1v) is 9.33. The first-order chi connectivity index (χ1) is 12.6. The Balaban J connectivity index is 1.34. The molecule has 4 rings (SSSR count). The number of piperidine rings is 1. The van der Waals surface area contributed by atoms with Crippen LogP contribution in [0.1, 0.15) is 42.3 Å². The zero-order chi connectivity index (χ0) is 18.1. The zero-order valence-corrected chi connectivity index (χ0v) is 15.4. The minimum atomic E-state index is 0.219. The van der Waals surface area contributed by atoms with Crippen molar-refractivity contribution in [2.75, 3.05) is 13.1 Å². The van der Waals surface area contributed by atoms with Gasteiger partial charge in [0.25, 0.3) is 0 Å². The number of benzene rings is 1. The smallest absolute Gasteiger partial charge is 0.224 e. The van der Waals surface area contributed by atoms with Crippen LogP contribution in [0.15, 0.2) is 30.5 Å². The number of para-hydroxylation sites is 1. The quantitative estimate of drug-likeness (QED) is 0.785. The third-order valence-electron chi connectivity index (χ3n) is 5.30. The van der Waals surface area contributed by atoms with Gasteiger partial charge in [-0.05, 0) is 44.4 Å². The number of hydrogen-bond donors (Lipinski definition) is 1. The molecule has 1 amide bonds. The SMILES string of the molecule is Cc1ccn(CCC(=O)N2CCC(c3nc4c(C)cccc4[nH]3)CC2)n1. The molecule has 3 aromatic rings. The molecule has 3 heterocycles. The largest absolute Gasteiger partial charge is 0.343 e. The number of likely N-dealkylation sites (tertiary alicyclic amines) is 1. The fourth-order valence-electron chi connectivity index (χ4n) is 3.75. The normalized spacial score (nSPS) is 15.7. The van der Waals surface area contributed by atoms with E-state index in [0.717, 1.165) is 48.5 Å². The molecule has 2 aromatic heterocycles. The number of nitrogens with one attached hydrogen (secondary N) is 1. The Morgan fingerprint density at radius 2 is 2.04 bits per heavy atom. The van der Waals surface area contributed by atoms with E-state index in [2.05, 4.69) is 35.2 Å². The van der Waals surface area contributed by atoms with Crippen molar-refractivity contribution in [3.63, 3.8) is 0 Å². The van der Waals surface area contributed by atoms with Gasteiger partial charge in [-0.15, -0.1) is 0 Å². The first-order valence-electron chi connectivity index (χ1n) is 9.33. The van der Waals surface area contributed by atoms with Crippen molar-refractivity contribution >= 4 is 16.9 Å². The number of nitrogens with zero attached hydrogens (tertiary/aromatic N) is 4. The highest BCUT2D eigenvalue weighted by atomic mass is 16.2. The topological polar surface area (TPSA) is 66.8 Å². The van der Waals surface area contributed by atoms with Crippen LogP contribution in [0.5, 0.6) is 0 Å². The second-order valence-electron chi connectivity index (χ2n) is 7.22. The lowest BCUT2D eigenvalue weighted by atomic mass is 9.96. The summed E-state index contributed by atoms with van der Waals surface area (Å²) in [6.07, 6.45) is 4.37. The Morgan fingerprint density at radius 3 is 2.73 bits per heavy atom. The molecule has 6 heteroatoms. The third-order valence-corrected chi connectivity index (χ3v) is 5.30. The number of aryl methyl sites for hydroxylation is 3. The summed E-state index contributed by atoms with van der Waals surface area (Å²) in [5.41, 5.74) is 4.36. The van der Waals surface area contributed by atoms with Gasteiger partial charge in [-0.2, -0.15) is 5.10 Å². The molecule has 0 aliphatic carbocycles. The monoisotopic (exact) mass is 351 g/mol. The number of imidazole rings is 1. The van der Waals surface area contributed by atoms with Crippen LogP contribution in [-0.2, 0) is 11.3 Å². The predicted octanol–water partition coefficient (Wildman–Crippen LogP) is 3.17. The minimum Gasteiger partial charge on any atom is -0.343 e. The lowest BCUT2D eigenvalue weighted by Gasteiger charge is -2.31. The average molecular weight is 351 g/mol. The average Bonchev–Trinajstić information content (AvgIpc) is 3.27. The molecular formula is C20H25N5O. The van der Waals surface area contributed by atoms with Crippen molar-refractivity contribution in [3.05, 3.63) is 47.5 Å². The maximum Gasteiger partial charge on any atom is 0.224 e. The van der Waals surface area contributed by atoms with Crippen LogP contribution in [0.4, 0.5) is 0 Å². The van der Waals surface area contributed by atoms with E-state index >= 15 is 0 Å². The van der Waals surface area contributed by atoms with Crippen LogP contribution >= 0.6 is 0 Å². The standard InChI is InChI=1S/C20H25N5O/c1-14-4-3-5-17-19(14)22-20(21-17)16-7-10-24(11-8-16)18(26)9-13-25-12-6-15(2)23-25/h3-6,12,16H,7-11,13H2,1-2H3,(H,21,22). The minimum absolute atomic E-state index is 0.219. The van der Waals surface area contributed by atoms with Crippen molar-refractivity contribution in [2.24, 2.45) is 0 Å². The molecule has 1 saturated heterocycles. The van der Waals surface area contributed by atoms with Gasteiger partial charge in [0.1, 0.15) is 5.82 Å². The van der Waals surface area contributed by atoms with Crippen molar-refractivity contribution in [2.45, 2.75) is 45.6 Å². The maximum atomic E-state index is 12.5. The molecule has 1 aliphatic rings. The van der Waals surface area contributed by atoms with Crippen LogP contribution < -0.4 is 0 Å². The van der Waals surface area contributed by atoms with Crippen LogP contribution in [0.3, 0.4) is 0 Å². The predicted molar refractivity (Wildman–Crippen MR) is 101 cm³/mol. The molecular weight excluding hydrogens is 326 g/mol. The van der Waals surface area contributed by atoms with E-state index in [-0.39, 0.29) is 5.91 Å². The number of fused-ring (bicyclic) bond motifs is 1. The van der Waals surface area contributed by atoms with Crippen molar-refractivity contribution < 1.29 is 4.79 Å². The van der Waals surface area contributed by atoms with Gasteiger partial charge in [-0.3, -0.25) is 9.48 Å². The van der Waals surface area contributed by atoms with E-state index in [1.54, 1.807) is 0 Å².